The van der Waals surface area contributed by atoms with E-state index in [0.717, 1.165) is 6.42 Å². The molecule has 1 fully saturated rings. The van der Waals surface area contributed by atoms with Gasteiger partial charge in [0.05, 0.1) is 0 Å². The Morgan fingerprint density at radius 2 is 1.84 bits per heavy atom. The van der Waals surface area contributed by atoms with Gasteiger partial charge in [-0.15, -0.1) is 0 Å². The van der Waals surface area contributed by atoms with Gasteiger partial charge in [0.1, 0.15) is 0 Å². The van der Waals surface area contributed by atoms with Crippen molar-refractivity contribution in [3.8, 4) is 0 Å². The number of nitrogens with two attached hydrogens (primary N) is 1. The van der Waals surface area contributed by atoms with Crippen LogP contribution in [0.15, 0.2) is 24.3 Å². The Morgan fingerprint density at radius 1 is 1.16 bits per heavy atom. The highest BCUT2D eigenvalue weighted by atomic mass is 15.1. The minimum absolute atomic E-state index is 0.178. The van der Waals surface area contributed by atoms with Crippen LogP contribution in [-0.4, -0.2) is 13.1 Å². The molecule has 2 rings (SSSR count). The second-order valence-corrected chi connectivity index (χ2v) is 6.61. The summed E-state index contributed by atoms with van der Waals surface area (Å²) in [5.74, 6) is 0. The molecule has 0 aromatic heterocycles. The summed E-state index contributed by atoms with van der Waals surface area (Å²) >= 11 is 0. The van der Waals surface area contributed by atoms with E-state index in [9.17, 15) is 0 Å². The fraction of sp³-hybridized carbons (Fsp3) is 0.647. The lowest BCUT2D eigenvalue weighted by Gasteiger charge is -2.25. The van der Waals surface area contributed by atoms with Gasteiger partial charge in [-0.05, 0) is 48.8 Å². The quantitative estimate of drug-likeness (QED) is 0.886. The SMILES string of the molecule is CC[C@H](N)c1ccc(N2CCCC(C)(C)CC2)cc1. The normalized spacial score (nSPS) is 20.9. The fourth-order valence-electron chi connectivity index (χ4n) is 2.85. The van der Waals surface area contributed by atoms with Gasteiger partial charge in [-0.1, -0.05) is 32.9 Å². The highest BCUT2D eigenvalue weighted by Gasteiger charge is 2.23. The van der Waals surface area contributed by atoms with Crippen LogP contribution < -0.4 is 10.6 Å². The maximum Gasteiger partial charge on any atom is 0.0366 e. The van der Waals surface area contributed by atoms with Gasteiger partial charge in [0, 0.05) is 24.8 Å². The molecule has 106 valence electrons. The standard InChI is InChI=1S/C17H28N2/c1-4-16(18)14-6-8-15(9-7-14)19-12-5-10-17(2,3)11-13-19/h6-9,16H,4-5,10-13,18H2,1-3H3/t16-/m0/s1. The molecule has 19 heavy (non-hydrogen) atoms. The second-order valence-electron chi connectivity index (χ2n) is 6.61. The van der Waals surface area contributed by atoms with E-state index in [1.807, 2.05) is 0 Å². The molecule has 0 amide bonds. The van der Waals surface area contributed by atoms with Crippen LogP contribution >= 0.6 is 0 Å². The van der Waals surface area contributed by atoms with Crippen LogP contribution in [0.4, 0.5) is 5.69 Å². The van der Waals surface area contributed by atoms with E-state index in [1.165, 1.54) is 43.6 Å². The van der Waals surface area contributed by atoms with Crippen molar-refractivity contribution >= 4 is 5.69 Å². The largest absolute Gasteiger partial charge is 0.372 e. The van der Waals surface area contributed by atoms with E-state index < -0.39 is 0 Å². The van der Waals surface area contributed by atoms with Gasteiger partial charge >= 0.3 is 0 Å². The average Bonchev–Trinajstić information content (AvgIpc) is 2.59. The first-order chi connectivity index (χ1) is 9.02. The van der Waals surface area contributed by atoms with Gasteiger partial charge in [-0.2, -0.15) is 0 Å². The molecule has 0 unspecified atom stereocenters. The maximum atomic E-state index is 6.07. The topological polar surface area (TPSA) is 29.3 Å². The molecule has 0 saturated carbocycles. The Balaban J connectivity index is 2.05. The van der Waals surface area contributed by atoms with Crippen LogP contribution in [0, 0.1) is 5.41 Å². The van der Waals surface area contributed by atoms with Crippen LogP contribution in [0.1, 0.15) is 58.1 Å². The van der Waals surface area contributed by atoms with E-state index in [-0.39, 0.29) is 6.04 Å². The molecule has 1 aromatic carbocycles. The second kappa shape index (κ2) is 5.96. The molecular formula is C17H28N2. The van der Waals surface area contributed by atoms with E-state index >= 15 is 0 Å². The highest BCUT2D eigenvalue weighted by Crippen LogP contribution is 2.31. The van der Waals surface area contributed by atoms with Crippen molar-refractivity contribution in [2.75, 3.05) is 18.0 Å². The fourth-order valence-corrected chi connectivity index (χ4v) is 2.85. The van der Waals surface area contributed by atoms with Crippen molar-refractivity contribution in [1.29, 1.82) is 0 Å². The number of benzene rings is 1. The minimum Gasteiger partial charge on any atom is -0.372 e. The van der Waals surface area contributed by atoms with Gasteiger partial charge in [-0.3, -0.25) is 0 Å². The first-order valence-corrected chi connectivity index (χ1v) is 7.62. The summed E-state index contributed by atoms with van der Waals surface area (Å²) in [6.07, 6.45) is 4.91. The van der Waals surface area contributed by atoms with E-state index in [2.05, 4.69) is 49.9 Å². The molecule has 1 saturated heterocycles. The Kier molecular flexibility index (Phi) is 4.51. The number of rotatable bonds is 3. The lowest BCUT2D eigenvalue weighted by molar-refractivity contribution is 0.325. The molecule has 2 nitrogen and oxygen atoms in total. The smallest absolute Gasteiger partial charge is 0.0366 e. The van der Waals surface area contributed by atoms with Gasteiger partial charge in [-0.25, -0.2) is 0 Å². The molecule has 0 spiro atoms. The number of hydrogen-bond donors (Lipinski definition) is 1. The summed E-state index contributed by atoms with van der Waals surface area (Å²) < 4.78 is 0. The van der Waals surface area contributed by atoms with Crippen molar-refractivity contribution < 1.29 is 0 Å². The number of hydrogen-bond acceptors (Lipinski definition) is 2. The molecular weight excluding hydrogens is 232 g/mol. The average molecular weight is 260 g/mol. The zero-order valence-electron chi connectivity index (χ0n) is 12.7. The van der Waals surface area contributed by atoms with E-state index in [0.29, 0.717) is 5.41 Å². The first kappa shape index (κ1) is 14.4. The molecule has 2 N–H and O–H groups in total. The third-order valence-electron chi connectivity index (χ3n) is 4.47. The summed E-state index contributed by atoms with van der Waals surface area (Å²) in [6.45, 7) is 9.27. The zero-order valence-corrected chi connectivity index (χ0v) is 12.7. The molecule has 1 aromatic rings. The summed E-state index contributed by atoms with van der Waals surface area (Å²) in [5.41, 5.74) is 9.17. The zero-order chi connectivity index (χ0) is 13.9. The predicted octanol–water partition coefficient (Wildman–Crippen LogP) is 4.11. The molecule has 1 aliphatic heterocycles. The highest BCUT2D eigenvalue weighted by molar-refractivity contribution is 5.48. The van der Waals surface area contributed by atoms with Crippen LogP contribution in [0.3, 0.4) is 0 Å². The number of anilines is 1. The Hall–Kier alpha value is -1.02. The van der Waals surface area contributed by atoms with Crippen molar-refractivity contribution in [1.82, 2.24) is 0 Å². The van der Waals surface area contributed by atoms with Crippen LogP contribution in [0.25, 0.3) is 0 Å². The predicted molar refractivity (Wildman–Crippen MR) is 83.5 cm³/mol. The monoisotopic (exact) mass is 260 g/mol. The molecule has 1 atom stereocenters. The van der Waals surface area contributed by atoms with Crippen molar-refractivity contribution in [2.24, 2.45) is 11.1 Å². The molecule has 0 aliphatic carbocycles. The minimum atomic E-state index is 0.178. The first-order valence-electron chi connectivity index (χ1n) is 7.62. The third kappa shape index (κ3) is 3.73. The van der Waals surface area contributed by atoms with Gasteiger partial charge < -0.3 is 10.6 Å². The van der Waals surface area contributed by atoms with Crippen LogP contribution in [0.2, 0.25) is 0 Å². The van der Waals surface area contributed by atoms with Crippen molar-refractivity contribution in [3.05, 3.63) is 29.8 Å². The Bertz CT molecular complexity index is 394. The molecule has 1 aliphatic rings. The summed E-state index contributed by atoms with van der Waals surface area (Å²) in [7, 11) is 0. The van der Waals surface area contributed by atoms with E-state index in [1.54, 1.807) is 0 Å². The van der Waals surface area contributed by atoms with Crippen molar-refractivity contribution in [2.45, 2.75) is 52.5 Å². The number of nitrogens with zero attached hydrogens (tertiary/aromatic N) is 1. The van der Waals surface area contributed by atoms with Gasteiger partial charge in [0.2, 0.25) is 0 Å². The summed E-state index contributed by atoms with van der Waals surface area (Å²) in [5, 5.41) is 0. The maximum absolute atomic E-state index is 6.07. The molecule has 2 heteroatoms. The lowest BCUT2D eigenvalue weighted by Crippen LogP contribution is -2.25. The van der Waals surface area contributed by atoms with Crippen molar-refractivity contribution in [3.63, 3.8) is 0 Å². The molecule has 0 bridgehead atoms. The lowest BCUT2D eigenvalue weighted by atomic mass is 9.85. The van der Waals surface area contributed by atoms with Crippen LogP contribution in [0.5, 0.6) is 0 Å². The van der Waals surface area contributed by atoms with Crippen LogP contribution in [-0.2, 0) is 0 Å². The molecule has 0 radical (unpaired) electrons. The Morgan fingerprint density at radius 3 is 2.47 bits per heavy atom. The third-order valence-corrected chi connectivity index (χ3v) is 4.47. The van der Waals surface area contributed by atoms with E-state index in [4.69, 9.17) is 5.73 Å². The van der Waals surface area contributed by atoms with Gasteiger partial charge in [0.25, 0.3) is 0 Å². The van der Waals surface area contributed by atoms with Gasteiger partial charge in [0.15, 0.2) is 0 Å². The Labute approximate surface area is 118 Å². The summed E-state index contributed by atoms with van der Waals surface area (Å²) in [6, 6.07) is 9.04. The summed E-state index contributed by atoms with van der Waals surface area (Å²) in [4.78, 5) is 2.52. The molecule has 1 heterocycles.